The molecule has 0 radical (unpaired) electrons. The Labute approximate surface area is 59.3 Å². The molecule has 10 heavy (non-hydrogen) atoms. The van der Waals surface area contributed by atoms with Crippen molar-refractivity contribution >= 4 is 0 Å². The third-order valence-electron chi connectivity index (χ3n) is 1.30. The molecular weight excluding hydrogens is 130 g/mol. The molecule has 4 nitrogen and oxygen atoms in total. The van der Waals surface area contributed by atoms with Crippen LogP contribution in [0.1, 0.15) is 11.7 Å². The van der Waals surface area contributed by atoms with Crippen LogP contribution in [0.3, 0.4) is 0 Å². The van der Waals surface area contributed by atoms with E-state index in [0.717, 1.165) is 5.69 Å². The van der Waals surface area contributed by atoms with Gasteiger partial charge in [-0.3, -0.25) is 0 Å². The average molecular weight is 141 g/mol. The fourth-order valence-electron chi connectivity index (χ4n) is 0.718. The largest absolute Gasteiger partial charge is 0.394 e. The van der Waals surface area contributed by atoms with Gasteiger partial charge < -0.3 is 15.4 Å². The molecule has 0 spiro atoms. The highest BCUT2D eigenvalue weighted by Crippen LogP contribution is 2.03. The molecule has 0 aliphatic heterocycles. The number of imidazole rings is 1. The second kappa shape index (κ2) is 2.81. The standard InChI is InChI=1S/C6H11N3O/c1-9-2-6(8-4-9)5(7)3-10/h2,4-5,10H,3,7H2,1H3/t5-/m0/s1. The van der Waals surface area contributed by atoms with Crippen LogP contribution in [0.15, 0.2) is 12.5 Å². The molecule has 0 unspecified atom stereocenters. The van der Waals surface area contributed by atoms with Crippen LogP contribution >= 0.6 is 0 Å². The first-order valence-corrected chi connectivity index (χ1v) is 3.08. The number of hydrogen-bond donors (Lipinski definition) is 2. The molecule has 0 aromatic carbocycles. The lowest BCUT2D eigenvalue weighted by Crippen LogP contribution is -2.14. The zero-order valence-electron chi connectivity index (χ0n) is 5.86. The Morgan fingerprint density at radius 3 is 3.00 bits per heavy atom. The van der Waals surface area contributed by atoms with E-state index in [4.69, 9.17) is 10.8 Å². The second-order valence-electron chi connectivity index (χ2n) is 2.25. The molecule has 1 atom stereocenters. The quantitative estimate of drug-likeness (QED) is 0.578. The maximum absolute atomic E-state index is 8.62. The molecule has 1 heterocycles. The number of aromatic nitrogens is 2. The number of aliphatic hydroxyl groups excluding tert-OH is 1. The molecule has 1 rings (SSSR count). The molecular formula is C6H11N3O. The van der Waals surface area contributed by atoms with E-state index in [9.17, 15) is 0 Å². The SMILES string of the molecule is Cn1cnc([C@@H](N)CO)c1. The molecule has 0 saturated carbocycles. The Balaban J connectivity index is 2.74. The van der Waals surface area contributed by atoms with Crippen molar-refractivity contribution in [3.63, 3.8) is 0 Å². The van der Waals surface area contributed by atoms with E-state index in [1.165, 1.54) is 0 Å². The molecule has 0 fully saturated rings. The van der Waals surface area contributed by atoms with Crippen molar-refractivity contribution in [3.05, 3.63) is 18.2 Å². The third kappa shape index (κ3) is 1.34. The van der Waals surface area contributed by atoms with E-state index in [-0.39, 0.29) is 12.6 Å². The fourth-order valence-corrected chi connectivity index (χ4v) is 0.718. The molecule has 56 valence electrons. The highest BCUT2D eigenvalue weighted by atomic mass is 16.3. The van der Waals surface area contributed by atoms with E-state index < -0.39 is 0 Å². The van der Waals surface area contributed by atoms with Gasteiger partial charge in [-0.15, -0.1) is 0 Å². The van der Waals surface area contributed by atoms with Crippen LogP contribution < -0.4 is 5.73 Å². The number of aliphatic hydroxyl groups is 1. The predicted octanol–water partition coefficient (Wildman–Crippen LogP) is -0.588. The van der Waals surface area contributed by atoms with Crippen molar-refractivity contribution in [2.75, 3.05) is 6.61 Å². The van der Waals surface area contributed by atoms with Crippen molar-refractivity contribution in [1.29, 1.82) is 0 Å². The maximum Gasteiger partial charge on any atom is 0.0947 e. The smallest absolute Gasteiger partial charge is 0.0947 e. The summed E-state index contributed by atoms with van der Waals surface area (Å²) >= 11 is 0. The minimum absolute atomic E-state index is 0.0585. The molecule has 4 heteroatoms. The lowest BCUT2D eigenvalue weighted by Gasteiger charge is -2.01. The lowest BCUT2D eigenvalue weighted by atomic mass is 10.2. The van der Waals surface area contributed by atoms with Gasteiger partial charge in [-0.1, -0.05) is 0 Å². The normalized spacial score (nSPS) is 13.5. The number of hydrogen-bond acceptors (Lipinski definition) is 3. The summed E-state index contributed by atoms with van der Waals surface area (Å²) in [7, 11) is 1.86. The summed E-state index contributed by atoms with van der Waals surface area (Å²) in [6.07, 6.45) is 3.45. The van der Waals surface area contributed by atoms with Crippen LogP contribution in [-0.4, -0.2) is 21.3 Å². The first-order chi connectivity index (χ1) is 4.74. The molecule has 0 amide bonds. The summed E-state index contributed by atoms with van der Waals surface area (Å²) in [6, 6.07) is -0.346. The first-order valence-electron chi connectivity index (χ1n) is 3.08. The van der Waals surface area contributed by atoms with Crippen molar-refractivity contribution in [2.45, 2.75) is 6.04 Å². The Kier molecular flexibility index (Phi) is 2.03. The first kappa shape index (κ1) is 7.24. The van der Waals surface area contributed by atoms with Crippen LogP contribution in [-0.2, 0) is 7.05 Å². The minimum Gasteiger partial charge on any atom is -0.394 e. The summed E-state index contributed by atoms with van der Waals surface area (Å²) in [5.74, 6) is 0. The van der Waals surface area contributed by atoms with Gasteiger partial charge in [-0.2, -0.15) is 0 Å². The van der Waals surface area contributed by atoms with Crippen LogP contribution in [0.2, 0.25) is 0 Å². The third-order valence-corrected chi connectivity index (χ3v) is 1.30. The van der Waals surface area contributed by atoms with Gasteiger partial charge in [-0.05, 0) is 0 Å². The van der Waals surface area contributed by atoms with Gasteiger partial charge in [0.25, 0.3) is 0 Å². The van der Waals surface area contributed by atoms with E-state index >= 15 is 0 Å². The zero-order chi connectivity index (χ0) is 7.56. The monoisotopic (exact) mass is 141 g/mol. The molecule has 0 saturated heterocycles. The summed E-state index contributed by atoms with van der Waals surface area (Å²) < 4.78 is 1.80. The topological polar surface area (TPSA) is 64.1 Å². The number of rotatable bonds is 2. The van der Waals surface area contributed by atoms with Crippen LogP contribution in [0.4, 0.5) is 0 Å². The van der Waals surface area contributed by atoms with Gasteiger partial charge in [0.05, 0.1) is 24.7 Å². The van der Waals surface area contributed by atoms with Crippen molar-refractivity contribution in [2.24, 2.45) is 12.8 Å². The molecule has 0 aliphatic carbocycles. The Morgan fingerprint density at radius 1 is 1.90 bits per heavy atom. The molecule has 1 aromatic heterocycles. The van der Waals surface area contributed by atoms with Gasteiger partial charge in [-0.25, -0.2) is 4.98 Å². The second-order valence-corrected chi connectivity index (χ2v) is 2.25. The van der Waals surface area contributed by atoms with Crippen molar-refractivity contribution < 1.29 is 5.11 Å². The van der Waals surface area contributed by atoms with Crippen LogP contribution in [0, 0.1) is 0 Å². The Hall–Kier alpha value is -0.870. The summed E-state index contributed by atoms with van der Waals surface area (Å²) in [6.45, 7) is -0.0585. The molecule has 0 aliphatic rings. The van der Waals surface area contributed by atoms with Gasteiger partial charge in [0.15, 0.2) is 0 Å². The predicted molar refractivity (Wildman–Crippen MR) is 37.2 cm³/mol. The highest BCUT2D eigenvalue weighted by molar-refractivity contribution is 5.01. The van der Waals surface area contributed by atoms with Crippen LogP contribution in [0.25, 0.3) is 0 Å². The van der Waals surface area contributed by atoms with E-state index in [1.807, 2.05) is 7.05 Å². The molecule has 1 aromatic rings. The lowest BCUT2D eigenvalue weighted by molar-refractivity contribution is 0.266. The average Bonchev–Trinajstić information content (AvgIpc) is 2.34. The fraction of sp³-hybridized carbons (Fsp3) is 0.500. The van der Waals surface area contributed by atoms with Gasteiger partial charge >= 0.3 is 0 Å². The number of aryl methyl sites for hydroxylation is 1. The van der Waals surface area contributed by atoms with Gasteiger partial charge in [0.2, 0.25) is 0 Å². The summed E-state index contributed by atoms with van der Waals surface area (Å²) in [4.78, 5) is 3.96. The van der Waals surface area contributed by atoms with Gasteiger partial charge in [0.1, 0.15) is 0 Å². The minimum atomic E-state index is -0.346. The van der Waals surface area contributed by atoms with Gasteiger partial charge in [0, 0.05) is 13.2 Å². The van der Waals surface area contributed by atoms with E-state index in [0.29, 0.717) is 0 Å². The Bertz CT molecular complexity index is 209. The van der Waals surface area contributed by atoms with Crippen molar-refractivity contribution in [1.82, 2.24) is 9.55 Å². The Morgan fingerprint density at radius 2 is 2.60 bits per heavy atom. The summed E-state index contributed by atoms with van der Waals surface area (Å²) in [5, 5.41) is 8.62. The maximum atomic E-state index is 8.62. The van der Waals surface area contributed by atoms with E-state index in [1.54, 1.807) is 17.1 Å². The zero-order valence-corrected chi connectivity index (χ0v) is 5.86. The highest BCUT2D eigenvalue weighted by Gasteiger charge is 2.05. The molecule has 3 N–H and O–H groups in total. The van der Waals surface area contributed by atoms with E-state index in [2.05, 4.69) is 4.98 Å². The van der Waals surface area contributed by atoms with Crippen LogP contribution in [0.5, 0.6) is 0 Å². The number of nitrogens with two attached hydrogens (primary N) is 1. The summed E-state index contributed by atoms with van der Waals surface area (Å²) in [5.41, 5.74) is 6.21. The molecule has 0 bridgehead atoms. The number of nitrogens with zero attached hydrogens (tertiary/aromatic N) is 2. The van der Waals surface area contributed by atoms with Crippen molar-refractivity contribution in [3.8, 4) is 0 Å².